The summed E-state index contributed by atoms with van der Waals surface area (Å²) in [5, 5.41) is 18.2. The highest BCUT2D eigenvalue weighted by Crippen LogP contribution is 2.40. The largest absolute Gasteiger partial charge is 0.415 e. The lowest BCUT2D eigenvalue weighted by molar-refractivity contribution is 0.0360. The van der Waals surface area contributed by atoms with Crippen LogP contribution in [0, 0.1) is 5.82 Å². The average Bonchev–Trinajstić information content (AvgIpc) is 3.46. The first kappa shape index (κ1) is 21.8. The molecule has 2 heterocycles. The van der Waals surface area contributed by atoms with E-state index in [9.17, 15) is 23.1 Å². The highest BCUT2D eigenvalue weighted by atomic mass is 19.3. The number of nitrogens with zero attached hydrogens (tertiary/aromatic N) is 3. The predicted molar refractivity (Wildman–Crippen MR) is 115 cm³/mol. The standard InChI is InChI=1S/C25H18F3N3O3/c26-18-10-8-15(9-11-18)21(32)20(14-4-2-1-3-5-14)31-13-17-7-6-16(12-19(17)25(31)33)23-29-30-24(34-23)22(27)28/h1-12,20-22,32H,13H2/t20-,21+/m1/s1. The fraction of sp³-hybridized carbons (Fsp3) is 0.160. The summed E-state index contributed by atoms with van der Waals surface area (Å²) in [4.78, 5) is 15.0. The van der Waals surface area contributed by atoms with Crippen molar-refractivity contribution in [1.29, 1.82) is 0 Å². The molecule has 2 atom stereocenters. The maximum Gasteiger partial charge on any atom is 0.314 e. The number of halogens is 3. The number of carbonyl (C=O) groups is 1. The molecule has 34 heavy (non-hydrogen) atoms. The first-order valence-corrected chi connectivity index (χ1v) is 10.5. The molecule has 1 aliphatic rings. The second kappa shape index (κ2) is 8.75. The Morgan fingerprint density at radius 1 is 0.941 bits per heavy atom. The number of amides is 1. The molecule has 0 bridgehead atoms. The molecule has 172 valence electrons. The van der Waals surface area contributed by atoms with Crippen molar-refractivity contribution >= 4 is 5.91 Å². The molecule has 5 rings (SSSR count). The zero-order valence-corrected chi connectivity index (χ0v) is 17.6. The zero-order chi connectivity index (χ0) is 23.8. The molecular weight excluding hydrogens is 447 g/mol. The van der Waals surface area contributed by atoms with Crippen molar-refractivity contribution < 1.29 is 27.5 Å². The van der Waals surface area contributed by atoms with Crippen LogP contribution in [0.2, 0.25) is 0 Å². The van der Waals surface area contributed by atoms with Crippen LogP contribution in [0.1, 0.15) is 51.5 Å². The monoisotopic (exact) mass is 465 g/mol. The molecule has 4 aromatic rings. The van der Waals surface area contributed by atoms with Gasteiger partial charge in [0.2, 0.25) is 5.89 Å². The van der Waals surface area contributed by atoms with Crippen molar-refractivity contribution in [3.8, 4) is 11.5 Å². The van der Waals surface area contributed by atoms with E-state index in [1.54, 1.807) is 12.1 Å². The lowest BCUT2D eigenvalue weighted by atomic mass is 9.94. The van der Waals surface area contributed by atoms with Crippen LogP contribution in [0.15, 0.2) is 77.2 Å². The number of alkyl halides is 2. The van der Waals surface area contributed by atoms with Crippen molar-refractivity contribution in [3.05, 3.63) is 107 Å². The first-order chi connectivity index (χ1) is 16.4. The Balaban J connectivity index is 1.50. The fourth-order valence-electron chi connectivity index (χ4n) is 4.15. The van der Waals surface area contributed by atoms with E-state index in [-0.39, 0.29) is 18.3 Å². The van der Waals surface area contributed by atoms with E-state index in [0.29, 0.717) is 27.8 Å². The second-order valence-electron chi connectivity index (χ2n) is 7.90. The number of aliphatic hydroxyl groups is 1. The quantitative estimate of drug-likeness (QED) is 0.421. The van der Waals surface area contributed by atoms with Crippen molar-refractivity contribution in [1.82, 2.24) is 15.1 Å². The van der Waals surface area contributed by atoms with E-state index >= 15 is 0 Å². The lowest BCUT2D eigenvalue weighted by Crippen LogP contribution is -2.33. The summed E-state index contributed by atoms with van der Waals surface area (Å²) in [6.07, 6.45) is -4.02. The van der Waals surface area contributed by atoms with Gasteiger partial charge in [0.1, 0.15) is 11.9 Å². The molecule has 6 nitrogen and oxygen atoms in total. The van der Waals surface area contributed by atoms with Gasteiger partial charge < -0.3 is 14.4 Å². The van der Waals surface area contributed by atoms with Gasteiger partial charge in [-0.2, -0.15) is 8.78 Å². The van der Waals surface area contributed by atoms with E-state index in [1.807, 2.05) is 30.3 Å². The number of benzene rings is 3. The van der Waals surface area contributed by atoms with Crippen LogP contribution in [0.4, 0.5) is 13.2 Å². The Labute approximate surface area is 192 Å². The minimum Gasteiger partial charge on any atom is -0.415 e. The van der Waals surface area contributed by atoms with Crippen molar-refractivity contribution in [2.75, 3.05) is 0 Å². The molecule has 0 saturated heterocycles. The number of hydrogen-bond donors (Lipinski definition) is 1. The molecule has 1 amide bonds. The lowest BCUT2D eigenvalue weighted by Gasteiger charge is -2.32. The van der Waals surface area contributed by atoms with Crippen molar-refractivity contribution in [2.45, 2.75) is 25.1 Å². The van der Waals surface area contributed by atoms with Gasteiger partial charge in [0.05, 0.1) is 6.04 Å². The summed E-state index contributed by atoms with van der Waals surface area (Å²) in [5.74, 6) is -1.69. The Hall–Kier alpha value is -3.98. The summed E-state index contributed by atoms with van der Waals surface area (Å²) in [7, 11) is 0. The molecule has 0 spiro atoms. The SMILES string of the molecule is O=C1c2cc(-c3nnc(C(F)F)o3)ccc2CN1[C@H](c1ccccc1)[C@@H](O)c1ccc(F)cc1. The van der Waals surface area contributed by atoms with E-state index < -0.39 is 30.3 Å². The number of aromatic nitrogens is 2. The normalized spacial score (nSPS) is 15.0. The maximum atomic E-state index is 13.5. The van der Waals surface area contributed by atoms with E-state index in [0.717, 1.165) is 0 Å². The minimum atomic E-state index is -2.90. The molecule has 3 aromatic carbocycles. The number of hydrogen-bond acceptors (Lipinski definition) is 5. The van der Waals surface area contributed by atoms with E-state index in [1.165, 1.54) is 35.2 Å². The molecule has 1 aromatic heterocycles. The zero-order valence-electron chi connectivity index (χ0n) is 17.6. The van der Waals surface area contributed by atoms with E-state index in [4.69, 9.17) is 4.42 Å². The van der Waals surface area contributed by atoms with Gasteiger partial charge in [0.25, 0.3) is 11.8 Å². The molecule has 0 saturated carbocycles. The highest BCUT2D eigenvalue weighted by Gasteiger charge is 2.38. The number of carbonyl (C=O) groups excluding carboxylic acids is 1. The third-order valence-electron chi connectivity index (χ3n) is 5.80. The van der Waals surface area contributed by atoms with Crippen LogP contribution in [0.3, 0.4) is 0 Å². The molecular formula is C25H18F3N3O3. The Morgan fingerprint density at radius 2 is 1.68 bits per heavy atom. The van der Waals surface area contributed by atoms with Gasteiger partial charge in [0, 0.05) is 17.7 Å². The van der Waals surface area contributed by atoms with Gasteiger partial charge in [-0.05, 0) is 41.0 Å². The summed E-state index contributed by atoms with van der Waals surface area (Å²) >= 11 is 0. The average molecular weight is 465 g/mol. The smallest absolute Gasteiger partial charge is 0.314 e. The van der Waals surface area contributed by atoms with Gasteiger partial charge in [0.15, 0.2) is 0 Å². The van der Waals surface area contributed by atoms with Gasteiger partial charge >= 0.3 is 6.43 Å². The summed E-state index contributed by atoms with van der Waals surface area (Å²) < 4.78 is 44.1. The molecule has 0 aliphatic carbocycles. The van der Waals surface area contributed by atoms with Gasteiger partial charge in [-0.15, -0.1) is 10.2 Å². The maximum absolute atomic E-state index is 13.5. The molecule has 0 radical (unpaired) electrons. The first-order valence-electron chi connectivity index (χ1n) is 10.5. The third-order valence-corrected chi connectivity index (χ3v) is 5.80. The predicted octanol–water partition coefficient (Wildman–Crippen LogP) is 5.24. The third kappa shape index (κ3) is 3.94. The van der Waals surface area contributed by atoms with Gasteiger partial charge in [-0.25, -0.2) is 4.39 Å². The number of aliphatic hydroxyl groups excluding tert-OH is 1. The fourth-order valence-corrected chi connectivity index (χ4v) is 4.15. The Kier molecular flexibility index (Phi) is 5.62. The van der Waals surface area contributed by atoms with Crippen LogP contribution >= 0.6 is 0 Å². The molecule has 1 aliphatic heterocycles. The minimum absolute atomic E-state index is 0.115. The van der Waals surface area contributed by atoms with Crippen LogP contribution in [-0.4, -0.2) is 26.1 Å². The van der Waals surface area contributed by atoms with Gasteiger partial charge in [-0.1, -0.05) is 48.5 Å². The molecule has 0 unspecified atom stereocenters. The molecule has 0 fully saturated rings. The topological polar surface area (TPSA) is 79.5 Å². The van der Waals surface area contributed by atoms with E-state index in [2.05, 4.69) is 10.2 Å². The van der Waals surface area contributed by atoms with Crippen molar-refractivity contribution in [3.63, 3.8) is 0 Å². The summed E-state index contributed by atoms with van der Waals surface area (Å²) in [6, 6.07) is 18.6. The number of rotatable bonds is 6. The van der Waals surface area contributed by atoms with Crippen LogP contribution in [0.25, 0.3) is 11.5 Å². The van der Waals surface area contributed by atoms with Crippen LogP contribution in [0.5, 0.6) is 0 Å². The molecule has 1 N–H and O–H groups in total. The van der Waals surface area contributed by atoms with Crippen LogP contribution in [-0.2, 0) is 6.54 Å². The van der Waals surface area contributed by atoms with Crippen LogP contribution < -0.4 is 0 Å². The summed E-state index contributed by atoms with van der Waals surface area (Å²) in [5.41, 5.74) is 2.56. The summed E-state index contributed by atoms with van der Waals surface area (Å²) in [6.45, 7) is 0.221. The second-order valence-corrected chi connectivity index (χ2v) is 7.90. The van der Waals surface area contributed by atoms with Gasteiger partial charge in [-0.3, -0.25) is 4.79 Å². The number of fused-ring (bicyclic) bond motifs is 1. The Bertz CT molecular complexity index is 1330. The van der Waals surface area contributed by atoms with Crippen molar-refractivity contribution in [2.24, 2.45) is 0 Å². The highest BCUT2D eigenvalue weighted by molar-refractivity contribution is 5.99. The Morgan fingerprint density at radius 3 is 2.35 bits per heavy atom. The molecule has 9 heteroatoms.